The van der Waals surface area contributed by atoms with E-state index in [-0.39, 0.29) is 25.3 Å². The molecule has 1 aromatic rings. The van der Waals surface area contributed by atoms with Crippen LogP contribution >= 0.6 is 0 Å². The van der Waals surface area contributed by atoms with Gasteiger partial charge in [-0.05, 0) is 43.2 Å². The average molecular weight is 507 g/mol. The predicted octanol–water partition coefficient (Wildman–Crippen LogP) is 1.01. The van der Waals surface area contributed by atoms with Crippen molar-refractivity contribution in [3.05, 3.63) is 47.8 Å². The van der Waals surface area contributed by atoms with Gasteiger partial charge in [-0.25, -0.2) is 17.6 Å². The Labute approximate surface area is 202 Å². The molecule has 0 spiro atoms. The van der Waals surface area contributed by atoms with Gasteiger partial charge in [0.15, 0.2) is 0 Å². The Morgan fingerprint density at radius 3 is 2.66 bits per heavy atom. The summed E-state index contributed by atoms with van der Waals surface area (Å²) in [6.45, 7) is 3.94. The molecule has 10 nitrogen and oxygen atoms in total. The minimum absolute atomic E-state index is 0.0604. The smallest absolute Gasteiger partial charge is 0.408 e. The first kappa shape index (κ1) is 23.7. The Hall–Kier alpha value is -2.99. The molecule has 2 aliphatic carbocycles. The highest BCUT2D eigenvalue weighted by Gasteiger charge is 2.61. The van der Waals surface area contributed by atoms with Crippen molar-refractivity contribution < 1.29 is 32.3 Å². The van der Waals surface area contributed by atoms with E-state index in [0.29, 0.717) is 30.5 Å². The van der Waals surface area contributed by atoms with Gasteiger partial charge in [0, 0.05) is 18.0 Å². The molecule has 4 aliphatic rings. The van der Waals surface area contributed by atoms with Crippen molar-refractivity contribution in [2.45, 2.75) is 55.1 Å². The molecule has 5 rings (SSSR count). The maximum absolute atomic E-state index is 14.3. The molecule has 12 heteroatoms. The number of nitrogens with zero attached hydrogens (tertiary/aromatic N) is 1. The normalized spacial score (nSPS) is 31.5. The third-order valence-electron chi connectivity index (χ3n) is 7.56. The van der Waals surface area contributed by atoms with E-state index in [0.717, 1.165) is 0 Å². The zero-order chi connectivity index (χ0) is 25.1. The van der Waals surface area contributed by atoms with E-state index in [1.807, 2.05) is 0 Å². The van der Waals surface area contributed by atoms with E-state index in [2.05, 4.69) is 21.9 Å². The summed E-state index contributed by atoms with van der Waals surface area (Å²) in [5.41, 5.74) is -0.445. The van der Waals surface area contributed by atoms with Gasteiger partial charge >= 0.3 is 6.09 Å². The Morgan fingerprint density at radius 2 is 2.03 bits per heavy atom. The van der Waals surface area contributed by atoms with Crippen LogP contribution in [0.2, 0.25) is 0 Å². The van der Waals surface area contributed by atoms with Gasteiger partial charge in [0.05, 0.1) is 23.9 Å². The highest BCUT2D eigenvalue weighted by atomic mass is 32.2. The number of sulfonamides is 1. The molecule has 3 fully saturated rings. The first-order valence-electron chi connectivity index (χ1n) is 11.6. The van der Waals surface area contributed by atoms with Crippen LogP contribution in [-0.4, -0.2) is 59.7 Å². The Morgan fingerprint density at radius 1 is 1.29 bits per heavy atom. The summed E-state index contributed by atoms with van der Waals surface area (Å²) in [7, 11) is -3.77. The van der Waals surface area contributed by atoms with Crippen LogP contribution in [-0.2, 0) is 26.2 Å². The summed E-state index contributed by atoms with van der Waals surface area (Å²) < 4.78 is 40.9. The molecule has 2 aliphatic heterocycles. The second-order valence-corrected chi connectivity index (χ2v) is 11.8. The fourth-order valence-electron chi connectivity index (χ4n) is 5.38. The SMILES string of the molecule is C=C[C@@H]1C[C@]1(NC(=O)[C@@H]1C[C@@H](C2c3cccc(F)c3CN2C(=O)O)CN1)C(=O)NS(=O)(=O)C1CC1. The van der Waals surface area contributed by atoms with Gasteiger partial charge in [-0.2, -0.15) is 0 Å². The predicted molar refractivity (Wildman–Crippen MR) is 122 cm³/mol. The zero-order valence-corrected chi connectivity index (χ0v) is 19.7. The topological polar surface area (TPSA) is 145 Å². The second-order valence-electron chi connectivity index (χ2n) is 9.80. The van der Waals surface area contributed by atoms with Crippen molar-refractivity contribution in [2.24, 2.45) is 11.8 Å². The van der Waals surface area contributed by atoms with E-state index in [1.54, 1.807) is 12.1 Å². The molecule has 35 heavy (non-hydrogen) atoms. The lowest BCUT2D eigenvalue weighted by atomic mass is 9.90. The molecule has 188 valence electrons. The summed E-state index contributed by atoms with van der Waals surface area (Å²) in [5, 5.41) is 14.9. The zero-order valence-electron chi connectivity index (χ0n) is 18.9. The Balaban J connectivity index is 1.29. The van der Waals surface area contributed by atoms with Crippen molar-refractivity contribution in [1.82, 2.24) is 20.3 Å². The number of carbonyl (C=O) groups is 3. The number of amides is 3. The van der Waals surface area contributed by atoms with Crippen LogP contribution < -0.4 is 15.4 Å². The van der Waals surface area contributed by atoms with E-state index >= 15 is 0 Å². The number of carbonyl (C=O) groups excluding carboxylic acids is 2. The van der Waals surface area contributed by atoms with Crippen LogP contribution in [0.25, 0.3) is 0 Å². The van der Waals surface area contributed by atoms with Crippen molar-refractivity contribution in [3.63, 3.8) is 0 Å². The Kier molecular flexibility index (Phi) is 5.63. The van der Waals surface area contributed by atoms with E-state index in [1.165, 1.54) is 17.0 Å². The van der Waals surface area contributed by atoms with Crippen LogP contribution in [0.15, 0.2) is 30.9 Å². The van der Waals surface area contributed by atoms with Crippen LogP contribution in [0.4, 0.5) is 9.18 Å². The number of fused-ring (bicyclic) bond motifs is 1. The molecule has 1 saturated heterocycles. The molecule has 3 amide bonds. The first-order valence-corrected chi connectivity index (χ1v) is 13.1. The summed E-state index contributed by atoms with van der Waals surface area (Å²) in [6.07, 6.45) is 1.87. The average Bonchev–Trinajstić information content (AvgIpc) is 3.68. The fraction of sp³-hybridized carbons (Fsp3) is 0.522. The number of nitrogens with one attached hydrogen (secondary N) is 3. The number of rotatable bonds is 7. The Bertz CT molecular complexity index is 1220. The summed E-state index contributed by atoms with van der Waals surface area (Å²) in [5.74, 6) is -2.40. The number of carboxylic acid groups (broad SMARTS) is 1. The molecule has 1 aromatic carbocycles. The standard InChI is InChI=1S/C23H27FN4O6S/c1-2-13-9-23(13,21(30)27-35(33,34)14-6-7-14)26-20(29)18-8-12(10-25-18)19-15-4-3-5-17(24)16(15)11-28(19)22(31)32/h2-5,12-14,18-19,25H,1,6-11H2,(H,26,29)(H,27,30)(H,31,32)/t12-,13-,18+,19?,23-/m1/s1. The lowest BCUT2D eigenvalue weighted by Crippen LogP contribution is -2.55. The fourth-order valence-corrected chi connectivity index (χ4v) is 6.74. The largest absolute Gasteiger partial charge is 0.465 e. The van der Waals surface area contributed by atoms with E-state index < -0.39 is 62.5 Å². The van der Waals surface area contributed by atoms with Gasteiger partial charge in [-0.15, -0.1) is 6.58 Å². The molecule has 5 atom stereocenters. The lowest BCUT2D eigenvalue weighted by molar-refractivity contribution is -0.130. The highest BCUT2D eigenvalue weighted by Crippen LogP contribution is 2.46. The molecule has 2 heterocycles. The van der Waals surface area contributed by atoms with Crippen LogP contribution in [0.1, 0.15) is 42.9 Å². The van der Waals surface area contributed by atoms with Crippen LogP contribution in [0.5, 0.6) is 0 Å². The second kappa shape index (κ2) is 8.30. The van der Waals surface area contributed by atoms with Crippen molar-refractivity contribution in [3.8, 4) is 0 Å². The van der Waals surface area contributed by atoms with E-state index in [9.17, 15) is 32.3 Å². The molecule has 0 aromatic heterocycles. The molecular formula is C23H27FN4O6S. The minimum Gasteiger partial charge on any atom is -0.465 e. The first-order chi connectivity index (χ1) is 16.6. The third-order valence-corrected chi connectivity index (χ3v) is 9.38. The van der Waals surface area contributed by atoms with Gasteiger partial charge < -0.3 is 15.7 Å². The van der Waals surface area contributed by atoms with Gasteiger partial charge in [-0.3, -0.25) is 19.2 Å². The van der Waals surface area contributed by atoms with Crippen LogP contribution in [0.3, 0.4) is 0 Å². The molecule has 2 saturated carbocycles. The monoisotopic (exact) mass is 506 g/mol. The van der Waals surface area contributed by atoms with Gasteiger partial charge in [0.2, 0.25) is 15.9 Å². The highest BCUT2D eigenvalue weighted by molar-refractivity contribution is 7.91. The molecular weight excluding hydrogens is 479 g/mol. The molecule has 1 unspecified atom stereocenters. The minimum atomic E-state index is -3.77. The van der Waals surface area contributed by atoms with Gasteiger partial charge in [-0.1, -0.05) is 18.2 Å². The maximum Gasteiger partial charge on any atom is 0.408 e. The van der Waals surface area contributed by atoms with E-state index in [4.69, 9.17) is 0 Å². The number of hydrogen-bond donors (Lipinski definition) is 4. The molecule has 4 N–H and O–H groups in total. The van der Waals surface area contributed by atoms with Crippen LogP contribution in [0, 0.1) is 17.7 Å². The van der Waals surface area contributed by atoms with Gasteiger partial charge in [0.1, 0.15) is 11.4 Å². The molecule has 0 bridgehead atoms. The van der Waals surface area contributed by atoms with Crippen molar-refractivity contribution in [2.75, 3.05) is 6.54 Å². The number of halogens is 1. The van der Waals surface area contributed by atoms with Crippen molar-refractivity contribution >= 4 is 27.9 Å². The summed E-state index contributed by atoms with van der Waals surface area (Å²) in [6, 6.07) is 3.22. The number of benzene rings is 1. The third kappa shape index (κ3) is 4.08. The number of hydrogen-bond acceptors (Lipinski definition) is 6. The lowest BCUT2D eigenvalue weighted by Gasteiger charge is -2.27. The summed E-state index contributed by atoms with van der Waals surface area (Å²) >= 11 is 0. The maximum atomic E-state index is 14.3. The van der Waals surface area contributed by atoms with Gasteiger partial charge in [0.25, 0.3) is 5.91 Å². The molecule has 0 radical (unpaired) electrons. The summed E-state index contributed by atoms with van der Waals surface area (Å²) in [4.78, 5) is 39.1. The van der Waals surface area contributed by atoms with Crippen molar-refractivity contribution in [1.29, 1.82) is 0 Å². The quantitative estimate of drug-likeness (QED) is 0.404.